The topological polar surface area (TPSA) is 58.9 Å². The summed E-state index contributed by atoms with van der Waals surface area (Å²) in [6, 6.07) is 0. The molecule has 1 aliphatic heterocycles. The number of rotatable bonds is 2. The molecule has 0 aliphatic carbocycles. The van der Waals surface area contributed by atoms with E-state index in [2.05, 4.69) is 0 Å². The van der Waals surface area contributed by atoms with Crippen molar-refractivity contribution in [1.29, 1.82) is 0 Å². The molecule has 4 heteroatoms. The van der Waals surface area contributed by atoms with E-state index in [0.29, 0.717) is 0 Å². The molecule has 4 nitrogen and oxygen atoms in total. The summed E-state index contributed by atoms with van der Waals surface area (Å²) in [6.45, 7) is 1.53. The van der Waals surface area contributed by atoms with Crippen molar-refractivity contribution in [3.8, 4) is 0 Å². The highest BCUT2D eigenvalue weighted by atomic mass is 16.7. The average Bonchev–Trinajstić information content (AvgIpc) is 2.30. The largest absolute Gasteiger partial charge is 0.394 e. The van der Waals surface area contributed by atoms with Gasteiger partial charge in [0, 0.05) is 0 Å². The maximum absolute atomic E-state index is 8.67. The molecule has 1 rings (SSSR count). The number of aliphatic hydroxyl groups excluding tert-OH is 2. The normalized spacial score (nSPS) is 35.1. The zero-order valence-corrected chi connectivity index (χ0v) is 5.86. The van der Waals surface area contributed by atoms with Gasteiger partial charge in [0.1, 0.15) is 12.2 Å². The van der Waals surface area contributed by atoms with Gasteiger partial charge in [-0.2, -0.15) is 0 Å². The van der Waals surface area contributed by atoms with Crippen LogP contribution in [0.25, 0.3) is 0 Å². The van der Waals surface area contributed by atoms with Gasteiger partial charge in [0.25, 0.3) is 0 Å². The van der Waals surface area contributed by atoms with Gasteiger partial charge in [0.05, 0.1) is 13.2 Å². The molecule has 2 atom stereocenters. The molecule has 0 saturated carbocycles. The van der Waals surface area contributed by atoms with Gasteiger partial charge in [0.2, 0.25) is 0 Å². The summed E-state index contributed by atoms with van der Waals surface area (Å²) in [5.74, 6) is 0. The highest BCUT2D eigenvalue weighted by Gasteiger charge is 2.32. The van der Waals surface area contributed by atoms with E-state index in [4.69, 9.17) is 19.7 Å². The lowest BCUT2D eigenvalue weighted by Gasteiger charge is -2.09. The second-order valence-corrected chi connectivity index (χ2v) is 2.28. The van der Waals surface area contributed by atoms with E-state index in [-0.39, 0.29) is 31.7 Å². The van der Waals surface area contributed by atoms with Crippen LogP contribution in [-0.2, 0) is 9.47 Å². The van der Waals surface area contributed by atoms with E-state index < -0.39 is 0 Å². The van der Waals surface area contributed by atoms with Crippen LogP contribution in [0.15, 0.2) is 0 Å². The first-order valence-electron chi connectivity index (χ1n) is 3.30. The van der Waals surface area contributed by atoms with E-state index >= 15 is 0 Å². The van der Waals surface area contributed by atoms with Gasteiger partial charge in [-0.15, -0.1) is 0 Å². The predicted molar refractivity (Wildman–Crippen MR) is 33.4 cm³/mol. The van der Waals surface area contributed by atoms with Crippen LogP contribution in [-0.4, -0.2) is 41.9 Å². The van der Waals surface area contributed by atoms with Crippen molar-refractivity contribution in [1.82, 2.24) is 0 Å². The van der Waals surface area contributed by atoms with Crippen molar-refractivity contribution >= 4 is 0 Å². The lowest BCUT2D eigenvalue weighted by molar-refractivity contribution is -0.0597. The van der Waals surface area contributed by atoms with E-state index in [9.17, 15) is 0 Å². The van der Waals surface area contributed by atoms with Crippen LogP contribution in [0.2, 0.25) is 0 Å². The van der Waals surface area contributed by atoms with Crippen LogP contribution in [0.3, 0.4) is 0 Å². The quantitative estimate of drug-likeness (QED) is 0.533. The zero-order chi connectivity index (χ0) is 7.56. The average molecular weight is 148 g/mol. The van der Waals surface area contributed by atoms with Gasteiger partial charge in [-0.25, -0.2) is 0 Å². The van der Waals surface area contributed by atoms with E-state index in [0.717, 1.165) is 0 Å². The molecule has 0 bridgehead atoms. The highest BCUT2D eigenvalue weighted by molar-refractivity contribution is 4.74. The fraction of sp³-hybridized carbons (Fsp3) is 1.00. The molecule has 0 aromatic carbocycles. The molecule has 0 unspecified atom stereocenters. The summed E-state index contributed by atoms with van der Waals surface area (Å²) >= 11 is 0. The van der Waals surface area contributed by atoms with Crippen LogP contribution in [0, 0.1) is 0 Å². The fourth-order valence-electron chi connectivity index (χ4n) is 1.02. The number of ether oxygens (including phenoxy) is 2. The van der Waals surface area contributed by atoms with Crippen molar-refractivity contribution < 1.29 is 19.7 Å². The molecular formula is C6H12O4. The van der Waals surface area contributed by atoms with Gasteiger partial charge in [-0.05, 0) is 6.92 Å². The molecule has 0 spiro atoms. The minimum atomic E-state index is -0.361. The van der Waals surface area contributed by atoms with Crippen molar-refractivity contribution in [2.75, 3.05) is 13.2 Å². The fourth-order valence-corrected chi connectivity index (χ4v) is 1.02. The van der Waals surface area contributed by atoms with Gasteiger partial charge in [0.15, 0.2) is 6.29 Å². The van der Waals surface area contributed by atoms with Crippen LogP contribution in [0.1, 0.15) is 6.92 Å². The molecular weight excluding hydrogens is 136 g/mol. The van der Waals surface area contributed by atoms with E-state index in [1.165, 1.54) is 0 Å². The Morgan fingerprint density at radius 1 is 1.10 bits per heavy atom. The molecule has 1 saturated heterocycles. The monoisotopic (exact) mass is 148 g/mol. The molecule has 1 fully saturated rings. The van der Waals surface area contributed by atoms with Gasteiger partial charge < -0.3 is 19.7 Å². The number of aliphatic hydroxyl groups is 2. The molecule has 0 radical (unpaired) electrons. The number of hydrogen-bond acceptors (Lipinski definition) is 4. The van der Waals surface area contributed by atoms with Gasteiger partial charge in [-0.3, -0.25) is 0 Å². The minimum Gasteiger partial charge on any atom is -0.394 e. The third-order valence-corrected chi connectivity index (χ3v) is 1.51. The van der Waals surface area contributed by atoms with Crippen LogP contribution in [0.5, 0.6) is 0 Å². The lowest BCUT2D eigenvalue weighted by Crippen LogP contribution is -2.29. The number of hydrogen-bond donors (Lipinski definition) is 2. The maximum Gasteiger partial charge on any atom is 0.156 e. The third kappa shape index (κ3) is 1.46. The second-order valence-electron chi connectivity index (χ2n) is 2.28. The summed E-state index contributed by atoms with van der Waals surface area (Å²) in [4.78, 5) is 0. The predicted octanol–water partition coefficient (Wildman–Crippen LogP) is -0.899. The maximum atomic E-state index is 8.67. The first-order valence-corrected chi connectivity index (χ1v) is 3.30. The molecule has 1 heterocycles. The Morgan fingerprint density at radius 3 is 1.80 bits per heavy atom. The van der Waals surface area contributed by atoms with E-state index in [1.54, 1.807) is 6.92 Å². The summed E-state index contributed by atoms with van der Waals surface area (Å²) < 4.78 is 10.2. The Kier molecular flexibility index (Phi) is 2.62. The van der Waals surface area contributed by atoms with Crippen molar-refractivity contribution in [2.24, 2.45) is 0 Å². The molecule has 0 aromatic heterocycles. The summed E-state index contributed by atoms with van der Waals surface area (Å²) in [5, 5.41) is 17.3. The second kappa shape index (κ2) is 3.30. The summed E-state index contributed by atoms with van der Waals surface area (Å²) in [7, 11) is 0. The molecule has 0 aromatic rings. The van der Waals surface area contributed by atoms with Crippen molar-refractivity contribution in [3.05, 3.63) is 0 Å². The highest BCUT2D eigenvalue weighted by Crippen LogP contribution is 2.17. The minimum absolute atomic E-state index is 0.102. The van der Waals surface area contributed by atoms with Crippen LogP contribution in [0.4, 0.5) is 0 Å². The van der Waals surface area contributed by atoms with Crippen molar-refractivity contribution in [3.63, 3.8) is 0 Å². The molecule has 2 N–H and O–H groups in total. The third-order valence-electron chi connectivity index (χ3n) is 1.51. The molecule has 0 amide bonds. The smallest absolute Gasteiger partial charge is 0.156 e. The Hall–Kier alpha value is -0.160. The molecule has 10 heavy (non-hydrogen) atoms. The molecule has 60 valence electrons. The first-order chi connectivity index (χ1) is 4.77. The Bertz CT molecular complexity index is 93.9. The Balaban J connectivity index is 2.41. The molecule has 1 aliphatic rings. The Labute approximate surface area is 59.4 Å². The van der Waals surface area contributed by atoms with Crippen molar-refractivity contribution in [2.45, 2.75) is 25.4 Å². The first kappa shape index (κ1) is 7.94. The summed E-state index contributed by atoms with van der Waals surface area (Å²) in [6.07, 6.45) is -1.03. The Morgan fingerprint density at radius 2 is 1.50 bits per heavy atom. The zero-order valence-electron chi connectivity index (χ0n) is 5.86. The van der Waals surface area contributed by atoms with Crippen LogP contribution < -0.4 is 0 Å². The van der Waals surface area contributed by atoms with Gasteiger partial charge >= 0.3 is 0 Å². The SMILES string of the molecule is CC1O[C@H](CO)[C@@H](CO)O1. The summed E-state index contributed by atoms with van der Waals surface area (Å²) in [5.41, 5.74) is 0. The van der Waals surface area contributed by atoms with Gasteiger partial charge in [-0.1, -0.05) is 0 Å². The standard InChI is InChI=1S/C6H12O4/c1-4-9-5(2-7)6(3-8)10-4/h4-8H,2-3H2,1H3/t5-,6-/m1/s1. The van der Waals surface area contributed by atoms with E-state index in [1.807, 2.05) is 0 Å². The lowest BCUT2D eigenvalue weighted by atomic mass is 10.2. The van der Waals surface area contributed by atoms with Crippen LogP contribution >= 0.6 is 0 Å².